The molecule has 10 nitrogen and oxygen atoms in total. The number of hydrogen-bond donors (Lipinski definition) is 4. The van der Waals surface area contributed by atoms with E-state index in [4.69, 9.17) is 4.74 Å². The summed E-state index contributed by atoms with van der Waals surface area (Å²) in [5, 5.41) is 36.3. The third-order valence-corrected chi connectivity index (χ3v) is 6.78. The second kappa shape index (κ2) is 10.8. The number of halogens is 2. The molecular weight excluding hydrogens is 546 g/mol. The highest BCUT2D eigenvalue weighted by Gasteiger charge is 2.19. The molecule has 0 fully saturated rings. The molecule has 0 aliphatic heterocycles. The Morgan fingerprint density at radius 2 is 1.83 bits per heavy atom. The van der Waals surface area contributed by atoms with Crippen molar-refractivity contribution in [3.8, 4) is 34.2 Å². The van der Waals surface area contributed by atoms with Gasteiger partial charge in [0.25, 0.3) is 5.56 Å². The second-order valence-electron chi connectivity index (χ2n) is 9.41. The number of aromatic hydroxyl groups is 1. The first-order chi connectivity index (χ1) is 20.3. The fourth-order valence-corrected chi connectivity index (χ4v) is 4.69. The zero-order valence-corrected chi connectivity index (χ0v) is 22.1. The number of aryl methyl sites for hydroxylation is 1. The van der Waals surface area contributed by atoms with Crippen LogP contribution in [0.15, 0.2) is 90.1 Å². The third kappa shape index (κ3) is 4.95. The smallest absolute Gasteiger partial charge is 0.257 e. The summed E-state index contributed by atoms with van der Waals surface area (Å²) in [5.74, 6) is -1.44. The van der Waals surface area contributed by atoms with E-state index in [-0.39, 0.29) is 22.7 Å². The molecule has 1 unspecified atom stereocenters. The highest BCUT2D eigenvalue weighted by molar-refractivity contribution is 5.88. The number of benzene rings is 3. The van der Waals surface area contributed by atoms with Crippen LogP contribution < -0.4 is 15.6 Å². The minimum Gasteiger partial charge on any atom is -0.494 e. The van der Waals surface area contributed by atoms with E-state index in [1.807, 2.05) is 17.7 Å². The highest BCUT2D eigenvalue weighted by Crippen LogP contribution is 2.38. The van der Waals surface area contributed by atoms with E-state index in [1.54, 1.807) is 24.7 Å². The Morgan fingerprint density at radius 1 is 1.02 bits per heavy atom. The standard InChI is InChI=1S/C30H24F2N6O4/c1-2-37-25-13-23(18-14-33-34-15-18)27(11-17(25)16-35-37)42-26-9-5-20(12-24(26)32)36-29(40)22-8-10-28(39)38(30(22)41)21-6-3-19(31)4-7-21/h3-16,29,36,40-41H,2H2,1H3,(H,33,34). The summed E-state index contributed by atoms with van der Waals surface area (Å²) in [6, 6.07) is 15.1. The predicted molar refractivity (Wildman–Crippen MR) is 152 cm³/mol. The number of pyridine rings is 1. The van der Waals surface area contributed by atoms with Crippen molar-refractivity contribution < 1.29 is 23.7 Å². The van der Waals surface area contributed by atoms with Gasteiger partial charge in [-0.2, -0.15) is 10.2 Å². The van der Waals surface area contributed by atoms with Gasteiger partial charge in [-0.15, -0.1) is 0 Å². The van der Waals surface area contributed by atoms with Gasteiger partial charge in [0.2, 0.25) is 5.88 Å². The summed E-state index contributed by atoms with van der Waals surface area (Å²) in [7, 11) is 0. The molecule has 3 heterocycles. The Labute approximate surface area is 237 Å². The molecule has 0 saturated carbocycles. The third-order valence-electron chi connectivity index (χ3n) is 6.78. The SMILES string of the molecule is CCn1ncc2cc(Oc3ccc(NC(O)c4ccc(=O)n(-c5ccc(F)cc5)c4O)cc3F)c(-c3cn[nH]c3)cc21. The molecule has 6 rings (SSSR count). The van der Waals surface area contributed by atoms with Crippen molar-refractivity contribution in [1.82, 2.24) is 24.5 Å². The first-order valence-electron chi connectivity index (χ1n) is 12.9. The molecule has 0 amide bonds. The summed E-state index contributed by atoms with van der Waals surface area (Å²) < 4.78 is 37.4. The Bertz CT molecular complexity index is 1950. The van der Waals surface area contributed by atoms with Gasteiger partial charge in [0, 0.05) is 47.1 Å². The van der Waals surface area contributed by atoms with Gasteiger partial charge in [-0.25, -0.2) is 13.3 Å². The molecule has 0 aliphatic carbocycles. The minimum atomic E-state index is -1.52. The lowest BCUT2D eigenvalue weighted by atomic mass is 10.1. The maximum Gasteiger partial charge on any atom is 0.257 e. The molecule has 42 heavy (non-hydrogen) atoms. The second-order valence-corrected chi connectivity index (χ2v) is 9.41. The Morgan fingerprint density at radius 3 is 2.55 bits per heavy atom. The molecular formula is C30H24F2N6O4. The fraction of sp³-hybridized carbons (Fsp3) is 0.100. The highest BCUT2D eigenvalue weighted by atomic mass is 19.1. The number of hydrogen-bond acceptors (Lipinski definition) is 7. The van der Waals surface area contributed by atoms with Crippen molar-refractivity contribution in [3.05, 3.63) is 113 Å². The van der Waals surface area contributed by atoms with Gasteiger partial charge in [-0.1, -0.05) is 0 Å². The van der Waals surface area contributed by atoms with Crippen LogP contribution in [-0.2, 0) is 6.54 Å². The van der Waals surface area contributed by atoms with Crippen LogP contribution in [-0.4, -0.2) is 34.8 Å². The van der Waals surface area contributed by atoms with E-state index >= 15 is 4.39 Å². The van der Waals surface area contributed by atoms with Gasteiger partial charge in [0.1, 0.15) is 11.6 Å². The average Bonchev–Trinajstić information content (AvgIpc) is 3.65. The maximum absolute atomic E-state index is 15.3. The molecule has 4 N–H and O–H groups in total. The number of fused-ring (bicyclic) bond motifs is 1. The number of aromatic nitrogens is 5. The minimum absolute atomic E-state index is 0.0506. The Kier molecular flexibility index (Phi) is 6.88. The number of nitrogens with zero attached hydrogens (tertiary/aromatic N) is 4. The number of nitrogens with one attached hydrogen (secondary N) is 2. The number of aromatic amines is 1. The lowest BCUT2D eigenvalue weighted by Crippen LogP contribution is -2.20. The van der Waals surface area contributed by atoms with Crippen LogP contribution in [0.5, 0.6) is 17.4 Å². The molecule has 0 bridgehead atoms. The van der Waals surface area contributed by atoms with E-state index < -0.39 is 29.3 Å². The van der Waals surface area contributed by atoms with Gasteiger partial charge in [0.15, 0.2) is 17.8 Å². The number of anilines is 1. The molecule has 3 aromatic carbocycles. The zero-order valence-electron chi connectivity index (χ0n) is 22.1. The molecule has 0 aliphatic rings. The summed E-state index contributed by atoms with van der Waals surface area (Å²) in [5.41, 5.74) is 2.08. The van der Waals surface area contributed by atoms with Gasteiger partial charge in [0.05, 0.1) is 29.2 Å². The van der Waals surface area contributed by atoms with E-state index in [2.05, 4.69) is 20.6 Å². The summed E-state index contributed by atoms with van der Waals surface area (Å²) in [4.78, 5) is 12.4. The van der Waals surface area contributed by atoms with Crippen LogP contribution in [0.1, 0.15) is 18.7 Å². The summed E-state index contributed by atoms with van der Waals surface area (Å²) in [6.45, 7) is 2.66. The number of rotatable bonds is 8. The number of aliphatic hydroxyl groups excluding tert-OH is 1. The van der Waals surface area contributed by atoms with Crippen LogP contribution in [0.2, 0.25) is 0 Å². The lowest BCUT2D eigenvalue weighted by Gasteiger charge is -2.19. The van der Waals surface area contributed by atoms with Crippen molar-refractivity contribution in [2.24, 2.45) is 0 Å². The molecule has 0 radical (unpaired) electrons. The number of ether oxygens (including phenoxy) is 1. The number of aliphatic hydroxyl groups is 1. The molecule has 6 aromatic rings. The maximum atomic E-state index is 15.3. The first kappa shape index (κ1) is 26.7. The predicted octanol–water partition coefficient (Wildman–Crippen LogP) is 5.48. The van der Waals surface area contributed by atoms with Crippen molar-refractivity contribution >= 4 is 16.6 Å². The molecule has 12 heteroatoms. The zero-order chi connectivity index (χ0) is 29.4. The summed E-state index contributed by atoms with van der Waals surface area (Å²) in [6.07, 6.45) is 3.54. The quantitative estimate of drug-likeness (QED) is 0.178. The molecule has 212 valence electrons. The topological polar surface area (TPSA) is 130 Å². The monoisotopic (exact) mass is 570 g/mol. The van der Waals surface area contributed by atoms with Crippen LogP contribution in [0.3, 0.4) is 0 Å². The van der Waals surface area contributed by atoms with Crippen LogP contribution in [0.4, 0.5) is 14.5 Å². The van der Waals surface area contributed by atoms with E-state index in [9.17, 15) is 19.4 Å². The fourth-order valence-electron chi connectivity index (χ4n) is 4.69. The van der Waals surface area contributed by atoms with Gasteiger partial charge in [-0.05, 0) is 61.5 Å². The van der Waals surface area contributed by atoms with Gasteiger partial charge >= 0.3 is 0 Å². The molecule has 3 aromatic heterocycles. The van der Waals surface area contributed by atoms with Crippen molar-refractivity contribution in [2.45, 2.75) is 19.7 Å². The van der Waals surface area contributed by atoms with Gasteiger partial charge in [-0.3, -0.25) is 14.6 Å². The average molecular weight is 571 g/mol. The Balaban J connectivity index is 1.27. The van der Waals surface area contributed by atoms with Crippen LogP contribution in [0, 0.1) is 11.6 Å². The first-order valence-corrected chi connectivity index (χ1v) is 12.9. The number of H-pyrrole nitrogens is 1. The van der Waals surface area contributed by atoms with Crippen molar-refractivity contribution in [3.63, 3.8) is 0 Å². The van der Waals surface area contributed by atoms with E-state index in [0.29, 0.717) is 17.9 Å². The van der Waals surface area contributed by atoms with Gasteiger partial charge < -0.3 is 20.3 Å². The van der Waals surface area contributed by atoms with Crippen molar-refractivity contribution in [1.29, 1.82) is 0 Å². The lowest BCUT2D eigenvalue weighted by molar-refractivity contribution is 0.201. The summed E-state index contributed by atoms with van der Waals surface area (Å²) >= 11 is 0. The van der Waals surface area contributed by atoms with Crippen molar-refractivity contribution in [2.75, 3.05) is 5.32 Å². The normalized spacial score (nSPS) is 12.0. The van der Waals surface area contributed by atoms with E-state index in [1.165, 1.54) is 30.3 Å². The Hall–Kier alpha value is -5.49. The molecule has 1 atom stereocenters. The van der Waals surface area contributed by atoms with Crippen LogP contribution >= 0.6 is 0 Å². The molecule has 0 spiro atoms. The van der Waals surface area contributed by atoms with Crippen LogP contribution in [0.25, 0.3) is 27.7 Å². The van der Waals surface area contributed by atoms with E-state index in [0.717, 1.165) is 45.3 Å². The largest absolute Gasteiger partial charge is 0.494 e. The molecule has 0 saturated heterocycles.